The van der Waals surface area contributed by atoms with Gasteiger partial charge in [0.1, 0.15) is 0 Å². The van der Waals surface area contributed by atoms with E-state index in [4.69, 9.17) is 4.74 Å². The van der Waals surface area contributed by atoms with Gasteiger partial charge in [-0.25, -0.2) is 0 Å². The largest absolute Gasteiger partial charge is 0.362 e. The molecular formula is C14H16BrNO3. The van der Waals surface area contributed by atoms with Crippen molar-refractivity contribution >= 4 is 21.6 Å². The molecule has 0 spiro atoms. The molecule has 0 radical (unpaired) electrons. The summed E-state index contributed by atoms with van der Waals surface area (Å²) in [5, 5.41) is 10.8. The number of nitrogens with zero attached hydrogens (tertiary/aromatic N) is 1. The second-order valence-corrected chi connectivity index (χ2v) is 6.06. The maximum absolute atomic E-state index is 10.8. The third-order valence-corrected chi connectivity index (χ3v) is 4.92. The van der Waals surface area contributed by atoms with Crippen molar-refractivity contribution < 1.29 is 9.66 Å². The third kappa shape index (κ3) is 2.87. The Kier molecular flexibility index (Phi) is 3.78. The topological polar surface area (TPSA) is 52.4 Å². The summed E-state index contributed by atoms with van der Waals surface area (Å²) >= 11 is 3.56. The highest BCUT2D eigenvalue weighted by molar-refractivity contribution is 9.11. The lowest BCUT2D eigenvalue weighted by Crippen LogP contribution is -2.32. The van der Waals surface area contributed by atoms with E-state index in [0.717, 1.165) is 16.5 Å². The lowest BCUT2D eigenvalue weighted by Gasteiger charge is -2.37. The van der Waals surface area contributed by atoms with Gasteiger partial charge in [-0.3, -0.25) is 10.1 Å². The zero-order valence-corrected chi connectivity index (χ0v) is 12.7. The van der Waals surface area contributed by atoms with Crippen molar-refractivity contribution in [2.75, 3.05) is 0 Å². The van der Waals surface area contributed by atoms with Crippen LogP contribution in [0.5, 0.6) is 0 Å². The van der Waals surface area contributed by atoms with Crippen LogP contribution in [0.3, 0.4) is 0 Å². The number of hydrogen-bond donors (Lipinski definition) is 0. The molecule has 1 unspecified atom stereocenters. The molecule has 1 atom stereocenters. The number of non-ortho nitro benzene ring substituents is 1. The smallest absolute Gasteiger partial charge is 0.269 e. The van der Waals surface area contributed by atoms with Crippen molar-refractivity contribution in [2.24, 2.45) is 0 Å². The van der Waals surface area contributed by atoms with E-state index in [1.807, 2.05) is 19.9 Å². The van der Waals surface area contributed by atoms with Crippen molar-refractivity contribution in [1.29, 1.82) is 0 Å². The summed E-state index contributed by atoms with van der Waals surface area (Å²) in [6.07, 6.45) is 0.599. The van der Waals surface area contributed by atoms with Crippen LogP contribution in [0.25, 0.3) is 0 Å². The number of nitro benzene ring substituents is 1. The first-order valence-corrected chi connectivity index (χ1v) is 6.88. The van der Waals surface area contributed by atoms with Gasteiger partial charge < -0.3 is 4.74 Å². The van der Waals surface area contributed by atoms with Crippen molar-refractivity contribution in [3.8, 4) is 0 Å². The number of halogens is 1. The highest BCUT2D eigenvalue weighted by Crippen LogP contribution is 2.43. The van der Waals surface area contributed by atoms with E-state index < -0.39 is 5.60 Å². The molecule has 0 aliphatic carbocycles. The average molecular weight is 326 g/mol. The zero-order valence-electron chi connectivity index (χ0n) is 11.1. The van der Waals surface area contributed by atoms with Gasteiger partial charge in [0.25, 0.3) is 5.69 Å². The van der Waals surface area contributed by atoms with Gasteiger partial charge in [-0.2, -0.15) is 0 Å². The first kappa shape index (κ1) is 14.2. The highest BCUT2D eigenvalue weighted by atomic mass is 79.9. The second-order valence-electron chi connectivity index (χ2n) is 5.27. The minimum atomic E-state index is -0.405. The van der Waals surface area contributed by atoms with Crippen molar-refractivity contribution in [3.63, 3.8) is 0 Å². The lowest BCUT2D eigenvalue weighted by atomic mass is 9.93. The Morgan fingerprint density at radius 1 is 1.47 bits per heavy atom. The Hall–Kier alpha value is -1.20. The van der Waals surface area contributed by atoms with Crippen molar-refractivity contribution in [1.82, 2.24) is 0 Å². The van der Waals surface area contributed by atoms with Crippen LogP contribution >= 0.6 is 15.9 Å². The molecule has 0 fully saturated rings. The van der Waals surface area contributed by atoms with Gasteiger partial charge in [-0.05, 0) is 32.8 Å². The van der Waals surface area contributed by atoms with Gasteiger partial charge in [0, 0.05) is 16.6 Å². The summed E-state index contributed by atoms with van der Waals surface area (Å²) < 4.78 is 7.11. The predicted molar refractivity (Wildman–Crippen MR) is 77.2 cm³/mol. The second kappa shape index (κ2) is 5.06. The molecule has 0 aromatic heterocycles. The summed E-state index contributed by atoms with van der Waals surface area (Å²) in [6, 6.07) is 6.66. The molecule has 0 saturated carbocycles. The Morgan fingerprint density at radius 3 is 2.74 bits per heavy atom. The summed E-state index contributed by atoms with van der Waals surface area (Å²) in [5.74, 6) is 0. The van der Waals surface area contributed by atoms with Crippen LogP contribution in [0.1, 0.15) is 38.9 Å². The Morgan fingerprint density at radius 2 is 2.16 bits per heavy atom. The molecule has 1 aromatic carbocycles. The summed E-state index contributed by atoms with van der Waals surface area (Å²) in [6.45, 7) is 6.03. The van der Waals surface area contributed by atoms with Gasteiger partial charge in [-0.1, -0.05) is 33.6 Å². The van der Waals surface area contributed by atoms with Crippen LogP contribution < -0.4 is 0 Å². The van der Waals surface area contributed by atoms with Crippen LogP contribution in [0.2, 0.25) is 0 Å². The minimum Gasteiger partial charge on any atom is -0.362 e. The summed E-state index contributed by atoms with van der Waals surface area (Å²) in [4.78, 5) is 10.4. The van der Waals surface area contributed by atoms with Gasteiger partial charge in [0.15, 0.2) is 0 Å². The maximum atomic E-state index is 10.8. The normalized spacial score (nSPS) is 22.4. The molecule has 2 rings (SSSR count). The third-order valence-electron chi connectivity index (χ3n) is 3.28. The molecule has 0 amide bonds. The Bertz CT molecular complexity index is 551. The van der Waals surface area contributed by atoms with E-state index in [0.29, 0.717) is 0 Å². The fourth-order valence-electron chi connectivity index (χ4n) is 2.36. The SMILES string of the molecule is CC1=C(Br)C(C)(C)OC(c2cccc([N+](=O)[O-])c2)C1. The van der Waals surface area contributed by atoms with Crippen molar-refractivity contribution in [2.45, 2.75) is 38.9 Å². The predicted octanol–water partition coefficient (Wildman–Crippen LogP) is 4.50. The monoisotopic (exact) mass is 325 g/mol. The lowest BCUT2D eigenvalue weighted by molar-refractivity contribution is -0.385. The van der Waals surface area contributed by atoms with Gasteiger partial charge in [-0.15, -0.1) is 0 Å². The maximum Gasteiger partial charge on any atom is 0.269 e. The van der Waals surface area contributed by atoms with Crippen LogP contribution in [0, 0.1) is 10.1 Å². The first-order valence-electron chi connectivity index (χ1n) is 6.09. The van der Waals surface area contributed by atoms with E-state index in [2.05, 4.69) is 22.9 Å². The fourth-order valence-corrected chi connectivity index (χ4v) is 2.61. The summed E-state index contributed by atoms with van der Waals surface area (Å²) in [5.41, 5.74) is 1.76. The minimum absolute atomic E-state index is 0.102. The van der Waals surface area contributed by atoms with E-state index >= 15 is 0 Å². The molecule has 1 aliphatic heterocycles. The molecule has 0 N–H and O–H groups in total. The zero-order chi connectivity index (χ0) is 14.2. The highest BCUT2D eigenvalue weighted by Gasteiger charge is 2.34. The molecule has 0 bridgehead atoms. The van der Waals surface area contributed by atoms with Crippen LogP contribution in [-0.4, -0.2) is 10.5 Å². The molecule has 0 saturated heterocycles. The van der Waals surface area contributed by atoms with Crippen LogP contribution in [0.15, 0.2) is 34.3 Å². The van der Waals surface area contributed by atoms with Gasteiger partial charge in [0.2, 0.25) is 0 Å². The number of rotatable bonds is 2. The molecule has 5 heteroatoms. The summed E-state index contributed by atoms with van der Waals surface area (Å²) in [7, 11) is 0. The molecular weight excluding hydrogens is 310 g/mol. The number of benzene rings is 1. The van der Waals surface area contributed by atoms with Gasteiger partial charge >= 0.3 is 0 Å². The fraction of sp³-hybridized carbons (Fsp3) is 0.429. The molecule has 1 heterocycles. The average Bonchev–Trinajstić information content (AvgIpc) is 2.35. The van der Waals surface area contributed by atoms with E-state index in [1.54, 1.807) is 12.1 Å². The Labute approximate surface area is 120 Å². The molecule has 102 valence electrons. The Balaban J connectivity index is 2.34. The van der Waals surface area contributed by atoms with Crippen molar-refractivity contribution in [3.05, 3.63) is 50.0 Å². The van der Waals surface area contributed by atoms with E-state index in [9.17, 15) is 10.1 Å². The standard InChI is InChI=1S/C14H16BrNO3/c1-9-7-12(19-14(2,3)13(9)15)10-5-4-6-11(8-10)16(17)18/h4-6,8,12H,7H2,1-3H3. The van der Waals surface area contributed by atoms with E-state index in [1.165, 1.54) is 11.6 Å². The van der Waals surface area contributed by atoms with Crippen LogP contribution in [0.4, 0.5) is 5.69 Å². The quantitative estimate of drug-likeness (QED) is 0.594. The van der Waals surface area contributed by atoms with Crippen LogP contribution in [-0.2, 0) is 4.74 Å². The van der Waals surface area contributed by atoms with E-state index in [-0.39, 0.29) is 16.7 Å². The number of nitro groups is 1. The molecule has 19 heavy (non-hydrogen) atoms. The molecule has 4 nitrogen and oxygen atoms in total. The first-order chi connectivity index (χ1) is 8.81. The number of hydrogen-bond acceptors (Lipinski definition) is 3. The van der Waals surface area contributed by atoms with Gasteiger partial charge in [0.05, 0.1) is 16.6 Å². The molecule has 1 aliphatic rings. The number of ether oxygens (including phenoxy) is 1. The molecule has 1 aromatic rings.